The average molecular weight is 310 g/mol. The zero-order valence-electron chi connectivity index (χ0n) is 12.9. The Morgan fingerprint density at radius 2 is 2.24 bits per heavy atom. The molecule has 116 valence electrons. The molecule has 1 saturated heterocycles. The van der Waals surface area contributed by atoms with Crippen LogP contribution in [0.15, 0.2) is 16.5 Å². The zero-order chi connectivity index (χ0) is 15.6. The lowest BCUT2D eigenvalue weighted by atomic mass is 9.85. The molecule has 0 aromatic carbocycles. The van der Waals surface area contributed by atoms with Crippen molar-refractivity contribution in [3.63, 3.8) is 0 Å². The van der Waals surface area contributed by atoms with Crippen LogP contribution in [0.5, 0.6) is 0 Å². The number of carbonyl (C=O) groups is 2. The number of hydrogen-bond acceptors (Lipinski definition) is 4. The first-order valence-electron chi connectivity index (χ1n) is 7.13. The minimum absolute atomic E-state index is 0.145. The number of carbonyl (C=O) groups excluding carboxylic acids is 2. The van der Waals surface area contributed by atoms with Gasteiger partial charge in [-0.15, -0.1) is 0 Å². The fraction of sp³-hybridized carbons (Fsp3) is 0.600. The Hall–Kier alpha value is -1.43. The van der Waals surface area contributed by atoms with Gasteiger partial charge in [-0.05, 0) is 17.5 Å². The molecule has 2 atom stereocenters. The summed E-state index contributed by atoms with van der Waals surface area (Å²) in [6.07, 6.45) is 0.820. The molecule has 2 amide bonds. The van der Waals surface area contributed by atoms with Crippen molar-refractivity contribution >= 4 is 22.9 Å². The van der Waals surface area contributed by atoms with E-state index in [0.717, 1.165) is 29.7 Å². The molecule has 5 nitrogen and oxygen atoms in total. The average Bonchev–Trinajstić information content (AvgIpc) is 3.02. The van der Waals surface area contributed by atoms with Gasteiger partial charge in [0.15, 0.2) is 0 Å². The van der Waals surface area contributed by atoms with Crippen molar-refractivity contribution < 1.29 is 14.0 Å². The fourth-order valence-corrected chi connectivity index (χ4v) is 3.00. The maximum Gasteiger partial charge on any atom is 0.279 e. The van der Waals surface area contributed by atoms with E-state index in [-0.39, 0.29) is 22.6 Å². The summed E-state index contributed by atoms with van der Waals surface area (Å²) in [6.45, 7) is 8.18. The van der Waals surface area contributed by atoms with Gasteiger partial charge in [0.05, 0.1) is 6.04 Å². The topological polar surface area (TPSA) is 71.3 Å². The van der Waals surface area contributed by atoms with E-state index in [1.54, 1.807) is 0 Å². The van der Waals surface area contributed by atoms with Crippen molar-refractivity contribution in [2.24, 2.45) is 5.41 Å². The molecule has 1 aliphatic heterocycles. The Morgan fingerprint density at radius 3 is 2.71 bits per heavy atom. The molecule has 0 radical (unpaired) electrons. The first kappa shape index (κ1) is 15.9. The first-order valence-corrected chi connectivity index (χ1v) is 8.12. The van der Waals surface area contributed by atoms with Crippen molar-refractivity contribution in [3.05, 3.63) is 23.7 Å². The quantitative estimate of drug-likeness (QED) is 0.897. The lowest BCUT2D eigenvalue weighted by molar-refractivity contribution is -0.124. The van der Waals surface area contributed by atoms with Crippen molar-refractivity contribution in [2.75, 3.05) is 5.75 Å². The van der Waals surface area contributed by atoms with Gasteiger partial charge < -0.3 is 15.1 Å². The molecular weight excluding hydrogens is 288 g/mol. The number of hydrogen-bond donors (Lipinski definition) is 2. The Bertz CT molecular complexity index is 533. The second-order valence-corrected chi connectivity index (χ2v) is 7.25. The van der Waals surface area contributed by atoms with Crippen LogP contribution >= 0.6 is 11.8 Å². The van der Waals surface area contributed by atoms with Gasteiger partial charge in [0.1, 0.15) is 17.6 Å². The van der Waals surface area contributed by atoms with Gasteiger partial charge in [0.25, 0.3) is 5.24 Å². The van der Waals surface area contributed by atoms with Gasteiger partial charge in [0.2, 0.25) is 5.91 Å². The number of nitrogens with one attached hydrogen (secondary N) is 2. The van der Waals surface area contributed by atoms with Crippen LogP contribution in [0.3, 0.4) is 0 Å². The summed E-state index contributed by atoms with van der Waals surface area (Å²) in [5, 5.41) is 5.53. The highest BCUT2D eigenvalue weighted by Gasteiger charge is 2.35. The second-order valence-electron chi connectivity index (χ2n) is 6.26. The third-order valence-electron chi connectivity index (χ3n) is 3.46. The van der Waals surface area contributed by atoms with Gasteiger partial charge in [0, 0.05) is 12.2 Å². The normalized spacial score (nSPS) is 20.2. The van der Waals surface area contributed by atoms with Crippen molar-refractivity contribution in [1.29, 1.82) is 0 Å². The molecule has 1 aliphatic rings. The molecule has 2 N–H and O–H groups in total. The molecular formula is C15H22N2O3S. The Balaban J connectivity index is 2.13. The number of rotatable bonds is 4. The largest absolute Gasteiger partial charge is 0.464 e. The number of amides is 2. The number of furan rings is 1. The van der Waals surface area contributed by atoms with Crippen LogP contribution < -0.4 is 10.6 Å². The predicted molar refractivity (Wildman–Crippen MR) is 83.2 cm³/mol. The summed E-state index contributed by atoms with van der Waals surface area (Å²) in [4.78, 5) is 23.5. The Morgan fingerprint density at radius 1 is 1.52 bits per heavy atom. The van der Waals surface area contributed by atoms with Crippen LogP contribution in [0.4, 0.5) is 4.79 Å². The van der Waals surface area contributed by atoms with E-state index < -0.39 is 6.04 Å². The monoisotopic (exact) mass is 310 g/mol. The molecule has 1 aromatic heterocycles. The molecule has 0 bridgehead atoms. The third-order valence-corrected chi connectivity index (χ3v) is 4.34. The lowest BCUT2D eigenvalue weighted by Crippen LogP contribution is -2.46. The van der Waals surface area contributed by atoms with E-state index in [9.17, 15) is 9.59 Å². The summed E-state index contributed by atoms with van der Waals surface area (Å²) in [5.41, 5.74) is -0.186. The molecule has 0 saturated carbocycles. The van der Waals surface area contributed by atoms with E-state index in [2.05, 4.69) is 10.6 Å². The van der Waals surface area contributed by atoms with Crippen LogP contribution in [-0.2, 0) is 11.2 Å². The molecule has 6 heteroatoms. The van der Waals surface area contributed by atoms with E-state index in [1.807, 2.05) is 39.8 Å². The van der Waals surface area contributed by atoms with Crippen molar-refractivity contribution in [3.8, 4) is 0 Å². The highest BCUT2D eigenvalue weighted by molar-refractivity contribution is 8.14. The minimum atomic E-state index is -0.465. The smallest absolute Gasteiger partial charge is 0.279 e. The minimum Gasteiger partial charge on any atom is -0.464 e. The Kier molecular flexibility index (Phi) is 4.66. The van der Waals surface area contributed by atoms with Crippen molar-refractivity contribution in [1.82, 2.24) is 10.6 Å². The van der Waals surface area contributed by atoms with Crippen LogP contribution in [0, 0.1) is 5.41 Å². The molecule has 21 heavy (non-hydrogen) atoms. The van der Waals surface area contributed by atoms with Crippen LogP contribution in [0.1, 0.15) is 45.3 Å². The highest BCUT2D eigenvalue weighted by atomic mass is 32.2. The summed E-state index contributed by atoms with van der Waals surface area (Å²) >= 11 is 1.14. The number of thioether (sulfide) groups is 1. The number of aryl methyl sites for hydroxylation is 1. The van der Waals surface area contributed by atoms with Crippen LogP contribution in [0.25, 0.3) is 0 Å². The second kappa shape index (κ2) is 6.13. The Labute approximate surface area is 129 Å². The van der Waals surface area contributed by atoms with Crippen LogP contribution in [0.2, 0.25) is 0 Å². The van der Waals surface area contributed by atoms with Crippen molar-refractivity contribution in [2.45, 2.75) is 46.2 Å². The SMILES string of the molecule is CCc1ccc(C(NC(=O)C2CSC(=O)N2)C(C)(C)C)o1. The van der Waals surface area contributed by atoms with E-state index in [1.165, 1.54) is 0 Å². The third kappa shape index (κ3) is 3.81. The van der Waals surface area contributed by atoms with Gasteiger partial charge in [-0.3, -0.25) is 9.59 Å². The molecule has 0 spiro atoms. The molecule has 1 fully saturated rings. The molecule has 1 aromatic rings. The van der Waals surface area contributed by atoms with E-state index in [4.69, 9.17) is 4.42 Å². The molecule has 2 unspecified atom stereocenters. The van der Waals surface area contributed by atoms with Gasteiger partial charge in [-0.2, -0.15) is 0 Å². The van der Waals surface area contributed by atoms with Gasteiger partial charge in [-0.1, -0.05) is 39.5 Å². The molecule has 0 aliphatic carbocycles. The zero-order valence-corrected chi connectivity index (χ0v) is 13.7. The summed E-state index contributed by atoms with van der Waals surface area (Å²) < 4.78 is 5.80. The summed E-state index contributed by atoms with van der Waals surface area (Å²) in [5.74, 6) is 1.96. The lowest BCUT2D eigenvalue weighted by Gasteiger charge is -2.30. The van der Waals surface area contributed by atoms with E-state index >= 15 is 0 Å². The fourth-order valence-electron chi connectivity index (χ4n) is 2.22. The maximum atomic E-state index is 12.3. The van der Waals surface area contributed by atoms with Crippen LogP contribution in [-0.4, -0.2) is 22.9 Å². The summed E-state index contributed by atoms with van der Waals surface area (Å²) in [7, 11) is 0. The van der Waals surface area contributed by atoms with Gasteiger partial charge in [-0.25, -0.2) is 0 Å². The predicted octanol–water partition coefficient (Wildman–Crippen LogP) is 2.87. The molecule has 2 heterocycles. The standard InChI is InChI=1S/C15H22N2O3S/c1-5-9-6-7-11(20-9)12(15(2,3)4)17-13(18)10-8-21-14(19)16-10/h6-7,10,12H,5,8H2,1-4H3,(H,16,19)(H,17,18). The highest BCUT2D eigenvalue weighted by Crippen LogP contribution is 2.34. The molecule has 2 rings (SSSR count). The maximum absolute atomic E-state index is 12.3. The first-order chi connectivity index (χ1) is 9.81. The summed E-state index contributed by atoms with van der Waals surface area (Å²) in [6, 6.07) is 3.16. The van der Waals surface area contributed by atoms with E-state index in [0.29, 0.717) is 5.75 Å². The van der Waals surface area contributed by atoms with Gasteiger partial charge >= 0.3 is 0 Å².